The summed E-state index contributed by atoms with van der Waals surface area (Å²) in [5, 5.41) is 0. The van der Waals surface area contributed by atoms with Crippen molar-refractivity contribution in [1.29, 1.82) is 0 Å². The quantitative estimate of drug-likeness (QED) is 0.861. The molecule has 2 unspecified atom stereocenters. The van der Waals surface area contributed by atoms with Gasteiger partial charge in [-0.05, 0) is 56.9 Å². The van der Waals surface area contributed by atoms with Crippen LogP contribution in [-0.4, -0.2) is 18.6 Å². The van der Waals surface area contributed by atoms with E-state index in [0.29, 0.717) is 12.1 Å². The third kappa shape index (κ3) is 2.66. The highest BCUT2D eigenvalue weighted by Gasteiger charge is 2.25. The van der Waals surface area contributed by atoms with Gasteiger partial charge in [-0.15, -0.1) is 0 Å². The van der Waals surface area contributed by atoms with E-state index < -0.39 is 0 Å². The normalized spacial score (nSPS) is 25.1. The third-order valence-corrected chi connectivity index (χ3v) is 4.12. The molecule has 0 saturated carbocycles. The Morgan fingerprint density at radius 2 is 1.88 bits per heavy atom. The van der Waals surface area contributed by atoms with Crippen LogP contribution in [0, 0.1) is 13.8 Å². The Labute approximate surface area is 112 Å². The highest BCUT2D eigenvalue weighted by Crippen LogP contribution is 2.32. The molecule has 0 bridgehead atoms. The van der Waals surface area contributed by atoms with Gasteiger partial charge in [-0.1, -0.05) is 15.9 Å². The van der Waals surface area contributed by atoms with Gasteiger partial charge in [-0.25, -0.2) is 0 Å². The van der Waals surface area contributed by atoms with Crippen molar-refractivity contribution < 1.29 is 0 Å². The number of hydrogen-bond donors (Lipinski definition) is 1. The second kappa shape index (κ2) is 4.99. The van der Waals surface area contributed by atoms with E-state index in [2.05, 4.69) is 53.7 Å². The van der Waals surface area contributed by atoms with E-state index in [0.717, 1.165) is 23.9 Å². The number of nitrogens with zero attached hydrogens (tertiary/aromatic N) is 1. The monoisotopic (exact) mass is 296 g/mol. The Bertz CT molecular complexity index is 394. The van der Waals surface area contributed by atoms with Gasteiger partial charge in [-0.3, -0.25) is 0 Å². The van der Waals surface area contributed by atoms with Crippen LogP contribution >= 0.6 is 15.9 Å². The molecule has 0 aliphatic carbocycles. The Morgan fingerprint density at radius 1 is 1.29 bits per heavy atom. The Balaban J connectivity index is 2.34. The number of nitrogens with two attached hydrogens (primary N) is 1. The van der Waals surface area contributed by atoms with Gasteiger partial charge in [0.15, 0.2) is 0 Å². The second-order valence-corrected chi connectivity index (χ2v) is 6.13. The van der Waals surface area contributed by atoms with E-state index >= 15 is 0 Å². The fourth-order valence-corrected chi connectivity index (χ4v) is 3.58. The first-order chi connectivity index (χ1) is 7.99. The minimum Gasteiger partial charge on any atom is -0.368 e. The molecular weight excluding hydrogens is 276 g/mol. The predicted octanol–water partition coefficient (Wildman–Crippen LogP) is 3.38. The molecule has 1 saturated heterocycles. The Kier molecular flexibility index (Phi) is 3.79. The molecule has 1 aliphatic rings. The van der Waals surface area contributed by atoms with Crippen molar-refractivity contribution in [2.24, 2.45) is 5.73 Å². The molecule has 1 heterocycles. The first kappa shape index (κ1) is 12.9. The SMILES string of the molecule is Cc1cc(Br)cc(C)c1N1CCC(N)CC1C. The fraction of sp³-hybridized carbons (Fsp3) is 0.571. The summed E-state index contributed by atoms with van der Waals surface area (Å²) in [6.45, 7) is 7.73. The van der Waals surface area contributed by atoms with Crippen molar-refractivity contribution in [3.63, 3.8) is 0 Å². The number of anilines is 1. The van der Waals surface area contributed by atoms with Crippen molar-refractivity contribution >= 4 is 21.6 Å². The summed E-state index contributed by atoms with van der Waals surface area (Å²) in [5.41, 5.74) is 10.1. The van der Waals surface area contributed by atoms with Crippen LogP contribution in [0.1, 0.15) is 30.9 Å². The average Bonchev–Trinajstić information content (AvgIpc) is 2.19. The summed E-state index contributed by atoms with van der Waals surface area (Å²) in [7, 11) is 0. The van der Waals surface area contributed by atoms with Gasteiger partial charge in [0.05, 0.1) is 0 Å². The number of rotatable bonds is 1. The zero-order valence-electron chi connectivity index (χ0n) is 10.8. The summed E-state index contributed by atoms with van der Waals surface area (Å²) in [5.74, 6) is 0. The Morgan fingerprint density at radius 3 is 2.41 bits per heavy atom. The molecule has 0 aromatic heterocycles. The van der Waals surface area contributed by atoms with Crippen LogP contribution in [0.4, 0.5) is 5.69 Å². The minimum absolute atomic E-state index is 0.373. The summed E-state index contributed by atoms with van der Waals surface area (Å²) in [6.07, 6.45) is 2.19. The van der Waals surface area contributed by atoms with E-state index in [9.17, 15) is 0 Å². The maximum Gasteiger partial charge on any atom is 0.0428 e. The number of aryl methyl sites for hydroxylation is 2. The van der Waals surface area contributed by atoms with Gasteiger partial charge >= 0.3 is 0 Å². The summed E-state index contributed by atoms with van der Waals surface area (Å²) in [4.78, 5) is 2.51. The van der Waals surface area contributed by atoms with Crippen LogP contribution in [-0.2, 0) is 0 Å². The highest BCUT2D eigenvalue weighted by molar-refractivity contribution is 9.10. The summed E-state index contributed by atoms with van der Waals surface area (Å²) < 4.78 is 1.16. The molecule has 0 amide bonds. The molecule has 3 heteroatoms. The van der Waals surface area contributed by atoms with Crippen molar-refractivity contribution in [2.45, 2.75) is 45.7 Å². The molecule has 0 spiro atoms. The van der Waals surface area contributed by atoms with E-state index in [1.54, 1.807) is 0 Å². The fourth-order valence-electron chi connectivity index (χ4n) is 2.90. The molecule has 1 aromatic rings. The Hall–Kier alpha value is -0.540. The number of piperidine rings is 1. The molecule has 17 heavy (non-hydrogen) atoms. The van der Waals surface area contributed by atoms with Gasteiger partial charge in [-0.2, -0.15) is 0 Å². The van der Waals surface area contributed by atoms with Crippen molar-refractivity contribution in [1.82, 2.24) is 0 Å². The number of halogens is 1. The van der Waals surface area contributed by atoms with Gasteiger partial charge in [0, 0.05) is 28.8 Å². The maximum atomic E-state index is 6.03. The molecule has 2 nitrogen and oxygen atoms in total. The van der Waals surface area contributed by atoms with Crippen LogP contribution in [0.2, 0.25) is 0 Å². The van der Waals surface area contributed by atoms with Crippen molar-refractivity contribution in [3.05, 3.63) is 27.7 Å². The first-order valence-electron chi connectivity index (χ1n) is 6.28. The largest absolute Gasteiger partial charge is 0.368 e. The van der Waals surface area contributed by atoms with Crippen LogP contribution in [0.5, 0.6) is 0 Å². The lowest BCUT2D eigenvalue weighted by Gasteiger charge is -2.39. The summed E-state index contributed by atoms with van der Waals surface area (Å²) in [6, 6.07) is 5.31. The van der Waals surface area contributed by atoms with E-state index in [-0.39, 0.29) is 0 Å². The van der Waals surface area contributed by atoms with Crippen molar-refractivity contribution in [2.75, 3.05) is 11.4 Å². The molecular formula is C14H21BrN2. The molecule has 2 rings (SSSR count). The molecule has 94 valence electrons. The molecule has 2 atom stereocenters. The van der Waals surface area contributed by atoms with Gasteiger partial charge in [0.25, 0.3) is 0 Å². The molecule has 1 fully saturated rings. The smallest absolute Gasteiger partial charge is 0.0428 e. The zero-order valence-corrected chi connectivity index (χ0v) is 12.4. The third-order valence-electron chi connectivity index (χ3n) is 3.66. The highest BCUT2D eigenvalue weighted by atomic mass is 79.9. The predicted molar refractivity (Wildman–Crippen MR) is 77.6 cm³/mol. The topological polar surface area (TPSA) is 29.3 Å². The minimum atomic E-state index is 0.373. The van der Waals surface area contributed by atoms with Gasteiger partial charge in [0.1, 0.15) is 0 Å². The molecule has 2 N–H and O–H groups in total. The standard InChI is InChI=1S/C14H21BrN2/c1-9-6-12(15)7-10(2)14(9)17-5-4-13(16)8-11(17)3/h6-7,11,13H,4-5,8,16H2,1-3H3. The van der Waals surface area contributed by atoms with E-state index in [1.165, 1.54) is 16.8 Å². The second-order valence-electron chi connectivity index (χ2n) is 5.22. The lowest BCUT2D eigenvalue weighted by Crippen LogP contribution is -2.46. The van der Waals surface area contributed by atoms with Crippen LogP contribution in [0.25, 0.3) is 0 Å². The molecule has 0 radical (unpaired) electrons. The van der Waals surface area contributed by atoms with E-state index in [4.69, 9.17) is 5.73 Å². The molecule has 1 aliphatic heterocycles. The van der Waals surface area contributed by atoms with E-state index in [1.807, 2.05) is 0 Å². The van der Waals surface area contributed by atoms with Crippen LogP contribution in [0.3, 0.4) is 0 Å². The number of benzene rings is 1. The van der Waals surface area contributed by atoms with Gasteiger partial charge in [0.2, 0.25) is 0 Å². The van der Waals surface area contributed by atoms with Crippen LogP contribution in [0.15, 0.2) is 16.6 Å². The lowest BCUT2D eigenvalue weighted by molar-refractivity contribution is 0.429. The summed E-state index contributed by atoms with van der Waals surface area (Å²) >= 11 is 3.56. The maximum absolute atomic E-state index is 6.03. The molecule has 1 aromatic carbocycles. The van der Waals surface area contributed by atoms with Gasteiger partial charge < -0.3 is 10.6 Å². The zero-order chi connectivity index (χ0) is 12.6. The number of hydrogen-bond acceptors (Lipinski definition) is 2. The first-order valence-corrected chi connectivity index (χ1v) is 7.07. The average molecular weight is 297 g/mol. The van der Waals surface area contributed by atoms with Crippen LogP contribution < -0.4 is 10.6 Å². The van der Waals surface area contributed by atoms with Crippen molar-refractivity contribution in [3.8, 4) is 0 Å². The lowest BCUT2D eigenvalue weighted by atomic mass is 9.96.